The molecule has 1 aromatic carbocycles. The molecule has 0 aliphatic rings. The first-order valence-corrected chi connectivity index (χ1v) is 6.73. The van der Waals surface area contributed by atoms with Gasteiger partial charge < -0.3 is 15.8 Å². The molecule has 1 atom stereocenters. The third-order valence-electron chi connectivity index (χ3n) is 3.03. The first-order chi connectivity index (χ1) is 10.2. The van der Waals surface area contributed by atoms with Gasteiger partial charge in [0.25, 0.3) is 0 Å². The van der Waals surface area contributed by atoms with Gasteiger partial charge in [0.15, 0.2) is 0 Å². The molecule has 1 aromatic heterocycles. The average molecular weight is 289 g/mol. The molecule has 0 aliphatic carbocycles. The van der Waals surface area contributed by atoms with Crippen molar-refractivity contribution in [1.82, 2.24) is 15.0 Å². The number of para-hydroxylation sites is 2. The van der Waals surface area contributed by atoms with Gasteiger partial charge in [-0.3, -0.25) is 4.79 Å². The number of carbonyl (C=O) groups excluding carboxylic acids is 1. The number of aromatic nitrogens is 3. The number of hydrogen-bond acceptors (Lipinski definition) is 5. The van der Waals surface area contributed by atoms with Gasteiger partial charge in [-0.25, -0.2) is 4.68 Å². The molecule has 7 heteroatoms. The van der Waals surface area contributed by atoms with Gasteiger partial charge in [0, 0.05) is 13.7 Å². The summed E-state index contributed by atoms with van der Waals surface area (Å²) < 4.78 is 6.54. The standard InChI is InChI=1S/C14H19N5O2/c1-21-10-4-5-11(15)14(20)17-12-6-2-3-7-13(12)19-9-8-16-18-19/h2-3,6-9,11H,4-5,10,15H2,1H3,(H,17,20). The zero-order valence-electron chi connectivity index (χ0n) is 11.9. The van der Waals surface area contributed by atoms with Gasteiger partial charge in [0.2, 0.25) is 5.91 Å². The van der Waals surface area contributed by atoms with Crippen LogP contribution in [-0.4, -0.2) is 40.7 Å². The third kappa shape index (κ3) is 4.11. The number of carbonyl (C=O) groups is 1. The largest absolute Gasteiger partial charge is 0.385 e. The number of benzene rings is 1. The Morgan fingerprint density at radius 1 is 1.48 bits per heavy atom. The number of nitrogens with zero attached hydrogens (tertiary/aromatic N) is 3. The van der Waals surface area contributed by atoms with Crippen LogP contribution in [0.2, 0.25) is 0 Å². The zero-order chi connectivity index (χ0) is 15.1. The van der Waals surface area contributed by atoms with Gasteiger partial charge in [-0.2, -0.15) is 0 Å². The number of nitrogens with two attached hydrogens (primary N) is 1. The normalized spacial score (nSPS) is 12.1. The van der Waals surface area contributed by atoms with Gasteiger partial charge in [0.1, 0.15) is 0 Å². The molecule has 112 valence electrons. The summed E-state index contributed by atoms with van der Waals surface area (Å²) in [5.74, 6) is -0.223. The highest BCUT2D eigenvalue weighted by Gasteiger charge is 2.15. The van der Waals surface area contributed by atoms with Crippen LogP contribution in [0, 0.1) is 0 Å². The summed E-state index contributed by atoms with van der Waals surface area (Å²) in [6, 6.07) is 6.79. The topological polar surface area (TPSA) is 95.1 Å². The second-order valence-electron chi connectivity index (χ2n) is 4.60. The van der Waals surface area contributed by atoms with Crippen molar-refractivity contribution in [2.45, 2.75) is 18.9 Å². The van der Waals surface area contributed by atoms with E-state index in [1.165, 1.54) is 0 Å². The maximum Gasteiger partial charge on any atom is 0.241 e. The van der Waals surface area contributed by atoms with Gasteiger partial charge in [-0.15, -0.1) is 5.10 Å². The Morgan fingerprint density at radius 3 is 3.00 bits per heavy atom. The fourth-order valence-corrected chi connectivity index (χ4v) is 1.92. The van der Waals surface area contributed by atoms with Crippen LogP contribution in [0.1, 0.15) is 12.8 Å². The monoisotopic (exact) mass is 289 g/mol. The Kier molecular flexibility index (Phi) is 5.42. The summed E-state index contributed by atoms with van der Waals surface area (Å²) in [7, 11) is 1.62. The van der Waals surface area contributed by atoms with Gasteiger partial charge in [0.05, 0.1) is 29.8 Å². The van der Waals surface area contributed by atoms with Crippen molar-refractivity contribution in [1.29, 1.82) is 0 Å². The second kappa shape index (κ2) is 7.51. The minimum absolute atomic E-state index is 0.223. The van der Waals surface area contributed by atoms with E-state index in [0.29, 0.717) is 18.7 Å². The van der Waals surface area contributed by atoms with E-state index in [1.54, 1.807) is 30.3 Å². The number of amides is 1. The predicted molar refractivity (Wildman–Crippen MR) is 79.1 cm³/mol. The first-order valence-electron chi connectivity index (χ1n) is 6.73. The highest BCUT2D eigenvalue weighted by molar-refractivity contribution is 5.96. The van der Waals surface area contributed by atoms with E-state index in [9.17, 15) is 4.79 Å². The highest BCUT2D eigenvalue weighted by atomic mass is 16.5. The van der Waals surface area contributed by atoms with Gasteiger partial charge in [-0.1, -0.05) is 17.3 Å². The summed E-state index contributed by atoms with van der Waals surface area (Å²) in [5.41, 5.74) is 7.26. The summed E-state index contributed by atoms with van der Waals surface area (Å²) >= 11 is 0. The molecule has 0 radical (unpaired) electrons. The summed E-state index contributed by atoms with van der Waals surface area (Å²) in [6.07, 6.45) is 4.61. The number of ether oxygens (including phenoxy) is 1. The molecular formula is C14H19N5O2. The summed E-state index contributed by atoms with van der Waals surface area (Å²) in [4.78, 5) is 12.1. The van der Waals surface area contributed by atoms with Crippen LogP contribution in [0.5, 0.6) is 0 Å². The zero-order valence-corrected chi connectivity index (χ0v) is 11.9. The van der Waals surface area contributed by atoms with E-state index in [1.807, 2.05) is 18.2 Å². The Balaban J connectivity index is 2.04. The van der Waals surface area contributed by atoms with Crippen LogP contribution in [0.15, 0.2) is 36.7 Å². The lowest BCUT2D eigenvalue weighted by Gasteiger charge is -2.14. The molecule has 0 aliphatic heterocycles. The third-order valence-corrected chi connectivity index (χ3v) is 3.03. The molecule has 21 heavy (non-hydrogen) atoms. The van der Waals surface area contributed by atoms with E-state index in [4.69, 9.17) is 10.5 Å². The minimum Gasteiger partial charge on any atom is -0.385 e. The number of rotatable bonds is 7. The van der Waals surface area contributed by atoms with Gasteiger partial charge in [-0.05, 0) is 25.0 Å². The molecule has 7 nitrogen and oxygen atoms in total. The number of methoxy groups -OCH3 is 1. The maximum atomic E-state index is 12.1. The lowest BCUT2D eigenvalue weighted by atomic mass is 10.1. The second-order valence-corrected chi connectivity index (χ2v) is 4.60. The van der Waals surface area contributed by atoms with Crippen LogP contribution in [0.4, 0.5) is 5.69 Å². The van der Waals surface area contributed by atoms with Crippen LogP contribution in [0.3, 0.4) is 0 Å². The molecular weight excluding hydrogens is 270 g/mol. The molecule has 0 saturated carbocycles. The van der Waals surface area contributed by atoms with Crippen molar-refractivity contribution in [3.63, 3.8) is 0 Å². The first kappa shape index (κ1) is 15.1. The van der Waals surface area contributed by atoms with Crippen molar-refractivity contribution in [2.75, 3.05) is 19.0 Å². The van der Waals surface area contributed by atoms with Crippen LogP contribution in [-0.2, 0) is 9.53 Å². The average Bonchev–Trinajstić information content (AvgIpc) is 3.02. The lowest BCUT2D eigenvalue weighted by molar-refractivity contribution is -0.117. The SMILES string of the molecule is COCCCC(N)C(=O)Nc1ccccc1-n1ccnn1. The molecule has 1 heterocycles. The summed E-state index contributed by atoms with van der Waals surface area (Å²) in [6.45, 7) is 0.594. The molecule has 1 amide bonds. The number of nitrogens with one attached hydrogen (secondary N) is 1. The summed E-state index contributed by atoms with van der Waals surface area (Å²) in [5, 5.41) is 10.5. The van der Waals surface area contributed by atoms with E-state index in [-0.39, 0.29) is 5.91 Å². The van der Waals surface area contributed by atoms with E-state index in [0.717, 1.165) is 12.1 Å². The lowest BCUT2D eigenvalue weighted by Crippen LogP contribution is -2.36. The Morgan fingerprint density at radius 2 is 2.29 bits per heavy atom. The highest BCUT2D eigenvalue weighted by Crippen LogP contribution is 2.18. The quantitative estimate of drug-likeness (QED) is 0.740. The molecule has 0 fully saturated rings. The smallest absolute Gasteiger partial charge is 0.241 e. The Hall–Kier alpha value is -2.25. The van der Waals surface area contributed by atoms with E-state index < -0.39 is 6.04 Å². The predicted octanol–water partition coefficient (Wildman–Crippen LogP) is 0.960. The Labute approximate surface area is 123 Å². The fraction of sp³-hybridized carbons (Fsp3) is 0.357. The molecule has 0 spiro atoms. The molecule has 0 saturated heterocycles. The molecule has 0 bridgehead atoms. The Bertz CT molecular complexity index is 571. The number of anilines is 1. The van der Waals surface area contributed by atoms with Gasteiger partial charge >= 0.3 is 0 Å². The van der Waals surface area contributed by atoms with Crippen LogP contribution in [0.25, 0.3) is 5.69 Å². The van der Waals surface area contributed by atoms with Crippen molar-refractivity contribution in [3.05, 3.63) is 36.7 Å². The maximum absolute atomic E-state index is 12.1. The molecule has 2 aromatic rings. The minimum atomic E-state index is -0.566. The molecule has 1 unspecified atom stereocenters. The van der Waals surface area contributed by atoms with Crippen molar-refractivity contribution in [2.24, 2.45) is 5.73 Å². The van der Waals surface area contributed by atoms with Crippen molar-refractivity contribution in [3.8, 4) is 5.69 Å². The molecule has 3 N–H and O–H groups in total. The van der Waals surface area contributed by atoms with E-state index in [2.05, 4.69) is 15.6 Å². The van der Waals surface area contributed by atoms with Crippen molar-refractivity contribution < 1.29 is 9.53 Å². The van der Waals surface area contributed by atoms with Crippen molar-refractivity contribution >= 4 is 11.6 Å². The van der Waals surface area contributed by atoms with Crippen LogP contribution >= 0.6 is 0 Å². The number of hydrogen-bond donors (Lipinski definition) is 2. The fourth-order valence-electron chi connectivity index (χ4n) is 1.92. The molecule has 2 rings (SSSR count). The van der Waals surface area contributed by atoms with Crippen LogP contribution < -0.4 is 11.1 Å². The van der Waals surface area contributed by atoms with E-state index >= 15 is 0 Å².